The Bertz CT molecular complexity index is 1070. The van der Waals surface area contributed by atoms with Crippen LogP contribution in [-0.4, -0.2) is 43.7 Å². The number of ketones is 1. The van der Waals surface area contributed by atoms with Crippen LogP contribution < -0.4 is 5.56 Å². The van der Waals surface area contributed by atoms with Gasteiger partial charge in [0.15, 0.2) is 5.78 Å². The molecule has 0 N–H and O–H groups in total. The van der Waals surface area contributed by atoms with Gasteiger partial charge in [0.25, 0.3) is 5.56 Å². The summed E-state index contributed by atoms with van der Waals surface area (Å²) >= 11 is 0. The standard InChI is InChI=1S/C20H22B3N3O2/c1-2-14-8-9-18(28)25(11-14)13-17(27)16-10-24-26(19(16)20(21,22)23)12-15-6-4-3-5-7-15/h2-11H,1,12-13,21-23H2. The molecule has 3 rings (SSSR count). The van der Waals surface area contributed by atoms with Crippen LogP contribution in [0.15, 0.2) is 66.2 Å². The van der Waals surface area contributed by atoms with Crippen molar-refractivity contribution in [2.75, 3.05) is 0 Å². The molecule has 2 heterocycles. The molecule has 0 radical (unpaired) electrons. The maximum Gasteiger partial charge on any atom is 0.250 e. The Morgan fingerprint density at radius 2 is 1.86 bits per heavy atom. The third kappa shape index (κ3) is 4.27. The minimum absolute atomic E-state index is 0.0272. The van der Waals surface area contributed by atoms with Crippen LogP contribution in [0.3, 0.4) is 0 Å². The Hall–Kier alpha value is -3.02. The van der Waals surface area contributed by atoms with Crippen LogP contribution in [0.2, 0.25) is 0 Å². The quantitative estimate of drug-likeness (QED) is 0.422. The maximum atomic E-state index is 13.1. The van der Waals surface area contributed by atoms with Gasteiger partial charge in [-0.05, 0) is 17.2 Å². The highest BCUT2D eigenvalue weighted by atomic mass is 16.1. The molecule has 0 aliphatic carbocycles. The van der Waals surface area contributed by atoms with Crippen molar-refractivity contribution < 1.29 is 4.79 Å². The first kappa shape index (κ1) is 19.7. The van der Waals surface area contributed by atoms with Gasteiger partial charge in [-0.3, -0.25) is 14.3 Å². The molecule has 0 aliphatic rings. The highest BCUT2D eigenvalue weighted by Gasteiger charge is 2.27. The van der Waals surface area contributed by atoms with E-state index in [9.17, 15) is 9.59 Å². The van der Waals surface area contributed by atoms with Crippen molar-refractivity contribution in [2.24, 2.45) is 0 Å². The second kappa shape index (κ2) is 7.93. The van der Waals surface area contributed by atoms with E-state index in [0.29, 0.717) is 12.1 Å². The van der Waals surface area contributed by atoms with E-state index in [0.717, 1.165) is 16.8 Å². The molecule has 0 saturated carbocycles. The third-order valence-corrected chi connectivity index (χ3v) is 4.58. The zero-order valence-electron chi connectivity index (χ0n) is 16.6. The molecule has 0 bridgehead atoms. The summed E-state index contributed by atoms with van der Waals surface area (Å²) in [5.74, 6) is -0.132. The van der Waals surface area contributed by atoms with Gasteiger partial charge < -0.3 is 4.57 Å². The van der Waals surface area contributed by atoms with Crippen LogP contribution >= 0.6 is 0 Å². The Balaban J connectivity index is 1.96. The van der Waals surface area contributed by atoms with Gasteiger partial charge in [-0.2, -0.15) is 5.10 Å². The zero-order chi connectivity index (χ0) is 20.3. The first-order valence-electron chi connectivity index (χ1n) is 9.26. The molecule has 0 spiro atoms. The van der Waals surface area contributed by atoms with Gasteiger partial charge in [0.1, 0.15) is 0 Å². The molecular weight excluding hydrogens is 347 g/mol. The van der Waals surface area contributed by atoms with Crippen molar-refractivity contribution in [3.8, 4) is 0 Å². The summed E-state index contributed by atoms with van der Waals surface area (Å²) in [7, 11) is 6.19. The number of carbonyl (C=O) groups is 1. The van der Waals surface area contributed by atoms with E-state index in [1.165, 1.54) is 10.6 Å². The lowest BCUT2D eigenvalue weighted by molar-refractivity contribution is 0.0969. The normalized spacial score (nSPS) is 11.3. The second-order valence-electron chi connectivity index (χ2n) is 7.86. The predicted octanol–water partition coefficient (Wildman–Crippen LogP) is -0.371. The summed E-state index contributed by atoms with van der Waals surface area (Å²) in [4.78, 5) is 25.2. The van der Waals surface area contributed by atoms with Gasteiger partial charge in [0.2, 0.25) is 0 Å². The van der Waals surface area contributed by atoms with E-state index in [1.807, 2.05) is 35.0 Å². The topological polar surface area (TPSA) is 56.9 Å². The molecule has 5 nitrogen and oxygen atoms in total. The van der Waals surface area contributed by atoms with Crippen LogP contribution in [0.1, 0.15) is 27.2 Å². The predicted molar refractivity (Wildman–Crippen MR) is 120 cm³/mol. The molecule has 138 valence electrons. The number of aromatic nitrogens is 3. The lowest BCUT2D eigenvalue weighted by Gasteiger charge is -2.22. The van der Waals surface area contributed by atoms with E-state index in [1.54, 1.807) is 24.5 Å². The first-order chi connectivity index (χ1) is 13.3. The molecule has 0 amide bonds. The fraction of sp³-hybridized carbons (Fsp3) is 0.150. The van der Waals surface area contributed by atoms with Gasteiger partial charge in [-0.1, -0.05) is 48.1 Å². The highest BCUT2D eigenvalue weighted by molar-refractivity contribution is 6.59. The van der Waals surface area contributed by atoms with Gasteiger partial charge >= 0.3 is 0 Å². The summed E-state index contributed by atoms with van der Waals surface area (Å²) in [6.45, 7) is 4.28. The molecule has 2 aromatic heterocycles. The molecule has 3 aromatic rings. The number of nitrogens with zero attached hydrogens (tertiary/aromatic N) is 3. The van der Waals surface area contributed by atoms with E-state index in [4.69, 9.17) is 0 Å². The molecule has 8 heteroatoms. The third-order valence-electron chi connectivity index (χ3n) is 4.58. The summed E-state index contributed by atoms with van der Waals surface area (Å²) in [6, 6.07) is 13.2. The minimum Gasteiger partial charge on any atom is -0.307 e. The monoisotopic (exact) mass is 369 g/mol. The van der Waals surface area contributed by atoms with Gasteiger partial charge in [0.05, 0.1) is 48.4 Å². The molecule has 1 aromatic carbocycles. The van der Waals surface area contributed by atoms with Crippen LogP contribution in [0.25, 0.3) is 6.08 Å². The van der Waals surface area contributed by atoms with Crippen LogP contribution in [-0.2, 0) is 18.2 Å². The molecule has 0 aliphatic heterocycles. The molecule has 0 atom stereocenters. The number of hydrogen-bond acceptors (Lipinski definition) is 3. The molecule has 0 saturated heterocycles. The van der Waals surface area contributed by atoms with Crippen molar-refractivity contribution >= 4 is 35.4 Å². The van der Waals surface area contributed by atoms with Gasteiger partial charge in [0, 0.05) is 18.0 Å². The average Bonchev–Trinajstić information content (AvgIpc) is 3.08. The molecule has 0 fully saturated rings. The van der Waals surface area contributed by atoms with Crippen LogP contribution in [0.5, 0.6) is 0 Å². The maximum absolute atomic E-state index is 13.1. The van der Waals surface area contributed by atoms with Crippen LogP contribution in [0.4, 0.5) is 0 Å². The lowest BCUT2D eigenvalue weighted by atomic mass is 9.40. The summed E-state index contributed by atoms with van der Waals surface area (Å²) in [6.07, 6.45) is 4.92. The Morgan fingerprint density at radius 1 is 1.14 bits per heavy atom. The Morgan fingerprint density at radius 3 is 2.50 bits per heavy atom. The smallest absolute Gasteiger partial charge is 0.250 e. The van der Waals surface area contributed by atoms with Gasteiger partial charge in [-0.15, -0.1) is 0 Å². The molecule has 0 unspecified atom stereocenters. The van der Waals surface area contributed by atoms with Crippen molar-refractivity contribution in [2.45, 2.75) is 18.2 Å². The van der Waals surface area contributed by atoms with Crippen LogP contribution in [0, 0.1) is 0 Å². The van der Waals surface area contributed by atoms with E-state index in [-0.39, 0.29) is 23.0 Å². The SMILES string of the molecule is BC(B)(B)c1c(C(=O)Cn2cc(C=C)ccc2=O)cnn1Cc1ccccc1. The zero-order valence-corrected chi connectivity index (χ0v) is 16.6. The first-order valence-corrected chi connectivity index (χ1v) is 9.26. The number of pyridine rings is 1. The number of benzene rings is 1. The number of Topliss-reactive ketones (excluding diaryl/α,β-unsaturated/α-hetero) is 1. The van der Waals surface area contributed by atoms with Crippen molar-refractivity contribution in [3.05, 3.63) is 94.2 Å². The van der Waals surface area contributed by atoms with Crippen molar-refractivity contribution in [1.29, 1.82) is 0 Å². The fourth-order valence-electron chi connectivity index (χ4n) is 3.29. The Kier molecular flexibility index (Phi) is 5.59. The van der Waals surface area contributed by atoms with Crippen molar-refractivity contribution in [1.82, 2.24) is 14.3 Å². The number of carbonyl (C=O) groups excluding carboxylic acids is 1. The average molecular weight is 369 g/mol. The Labute approximate surface area is 167 Å². The number of hydrogen-bond donors (Lipinski definition) is 0. The van der Waals surface area contributed by atoms with E-state index in [2.05, 4.69) is 35.2 Å². The van der Waals surface area contributed by atoms with Crippen molar-refractivity contribution in [3.63, 3.8) is 0 Å². The van der Waals surface area contributed by atoms with E-state index >= 15 is 0 Å². The summed E-state index contributed by atoms with van der Waals surface area (Å²) in [5.41, 5.74) is 3.12. The second-order valence-corrected chi connectivity index (χ2v) is 7.86. The fourth-order valence-corrected chi connectivity index (χ4v) is 3.29. The number of rotatable bonds is 7. The summed E-state index contributed by atoms with van der Waals surface area (Å²) in [5, 5.41) is 4.22. The minimum atomic E-state index is -0.274. The largest absolute Gasteiger partial charge is 0.307 e. The molecule has 28 heavy (non-hydrogen) atoms. The van der Waals surface area contributed by atoms with Gasteiger partial charge in [-0.25, -0.2) is 0 Å². The summed E-state index contributed by atoms with van der Waals surface area (Å²) < 4.78 is 3.30. The molecular formula is C20H22B3N3O2. The van der Waals surface area contributed by atoms with E-state index < -0.39 is 0 Å². The highest BCUT2D eigenvalue weighted by Crippen LogP contribution is 2.21. The lowest BCUT2D eigenvalue weighted by Crippen LogP contribution is -2.33.